The van der Waals surface area contributed by atoms with Gasteiger partial charge in [0.1, 0.15) is 11.3 Å². The van der Waals surface area contributed by atoms with Crippen LogP contribution < -0.4 is 10.7 Å². The summed E-state index contributed by atoms with van der Waals surface area (Å²) >= 11 is 11.9. The smallest absolute Gasteiger partial charge is 0.211 e. The number of anilines is 2. The molecule has 0 fully saturated rings. The predicted molar refractivity (Wildman–Crippen MR) is 140 cm³/mol. The third-order valence-corrected chi connectivity index (χ3v) is 5.72. The van der Waals surface area contributed by atoms with E-state index >= 15 is 0 Å². The second-order valence-corrected chi connectivity index (χ2v) is 9.85. The fraction of sp³-hybridized carbons (Fsp3) is 0.304. The van der Waals surface area contributed by atoms with Crippen LogP contribution in [0.5, 0.6) is 0 Å². The zero-order valence-electron chi connectivity index (χ0n) is 19.7. The highest BCUT2D eigenvalue weighted by molar-refractivity contribution is 6.34. The predicted octanol–water partition coefficient (Wildman–Crippen LogP) is 4.57. The molecule has 0 radical (unpaired) electrons. The van der Waals surface area contributed by atoms with Crippen molar-refractivity contribution in [2.75, 3.05) is 10.7 Å². The molecule has 1 amide bonds. The van der Waals surface area contributed by atoms with E-state index in [1.54, 1.807) is 6.07 Å². The zero-order valence-corrected chi connectivity index (χ0v) is 21.2. The number of nitrogens with zero attached hydrogens (tertiary/aromatic N) is 5. The molecule has 3 aromatic heterocycles. The van der Waals surface area contributed by atoms with Gasteiger partial charge >= 0.3 is 0 Å². The van der Waals surface area contributed by atoms with Gasteiger partial charge in [-0.25, -0.2) is 14.5 Å². The quantitative estimate of drug-likeness (QED) is 0.215. The van der Waals surface area contributed by atoms with Crippen molar-refractivity contribution >= 4 is 64.3 Å². The SMILES string of the molecule is C=C1CC(C)(C)c2c1cnc1cc(Cl)nn21.CC(C)(O)/C(C=N)=N/Nc1ncc(NC=O)cc1Cl. The second-order valence-electron chi connectivity index (χ2n) is 9.05. The molecule has 10 nitrogen and oxygen atoms in total. The van der Waals surface area contributed by atoms with Gasteiger partial charge < -0.3 is 15.8 Å². The number of carbonyl (C=O) groups is 1. The summed E-state index contributed by atoms with van der Waals surface area (Å²) < 4.78 is 1.84. The molecule has 0 unspecified atom stereocenters. The first-order valence-electron chi connectivity index (χ1n) is 10.5. The highest BCUT2D eigenvalue weighted by atomic mass is 35.5. The molecule has 4 rings (SSSR count). The van der Waals surface area contributed by atoms with Crippen LogP contribution in [0.25, 0.3) is 11.2 Å². The Bertz CT molecular complexity index is 1330. The largest absolute Gasteiger partial charge is 0.384 e. The van der Waals surface area contributed by atoms with Crippen LogP contribution in [-0.4, -0.2) is 48.6 Å². The maximum atomic E-state index is 10.3. The molecule has 0 saturated heterocycles. The Hall–Kier alpha value is -3.34. The van der Waals surface area contributed by atoms with Gasteiger partial charge in [-0.15, -0.1) is 0 Å². The van der Waals surface area contributed by atoms with E-state index in [-0.39, 0.29) is 22.0 Å². The highest BCUT2D eigenvalue weighted by Crippen LogP contribution is 2.43. The van der Waals surface area contributed by atoms with Crippen molar-refractivity contribution in [3.8, 4) is 0 Å². The average Bonchev–Trinajstić information content (AvgIpc) is 3.24. The van der Waals surface area contributed by atoms with Crippen LogP contribution in [-0.2, 0) is 10.2 Å². The Morgan fingerprint density at radius 1 is 1.31 bits per heavy atom. The lowest BCUT2D eigenvalue weighted by Gasteiger charge is -2.18. The van der Waals surface area contributed by atoms with Crippen LogP contribution in [0, 0.1) is 5.41 Å². The summed E-state index contributed by atoms with van der Waals surface area (Å²) in [7, 11) is 0. The van der Waals surface area contributed by atoms with E-state index in [9.17, 15) is 9.90 Å². The molecule has 12 heteroatoms. The van der Waals surface area contributed by atoms with Gasteiger partial charge in [-0.1, -0.05) is 43.6 Å². The summed E-state index contributed by atoms with van der Waals surface area (Å²) in [5.74, 6) is 0.252. The summed E-state index contributed by atoms with van der Waals surface area (Å²) in [4.78, 5) is 18.6. The number of fused-ring (bicyclic) bond motifs is 3. The van der Waals surface area contributed by atoms with E-state index < -0.39 is 5.60 Å². The molecule has 1 aliphatic carbocycles. The standard InChI is InChI=1S/C12H12ClN3.C11H14ClN5O2/c1-7-5-12(2,3)11-8(7)6-14-10-4-9(13)15-16(10)11;1-11(2,19)9(4-13)16-17-10-8(12)3-7(5-14-10)15-6-18/h4,6H,1,5H2,2-3H3;3-6,13,19H,1-2H3,(H,14,17)(H,15,18)/b;13-4?,16-9+. The fourth-order valence-corrected chi connectivity index (χ4v) is 4.04. The van der Waals surface area contributed by atoms with Crippen molar-refractivity contribution in [1.29, 1.82) is 5.41 Å². The number of rotatable bonds is 6. The van der Waals surface area contributed by atoms with Gasteiger partial charge in [-0.2, -0.15) is 10.2 Å². The normalized spacial score (nSPS) is 14.7. The average molecular weight is 517 g/mol. The molecule has 0 atom stereocenters. The lowest BCUT2D eigenvalue weighted by molar-refractivity contribution is -0.105. The second kappa shape index (κ2) is 10.1. The van der Waals surface area contributed by atoms with Gasteiger partial charge in [0.15, 0.2) is 16.6 Å². The molecule has 4 N–H and O–H groups in total. The Balaban J connectivity index is 0.000000197. The molecule has 1 aliphatic rings. The van der Waals surface area contributed by atoms with E-state index in [4.69, 9.17) is 28.6 Å². The number of nitrogens with one attached hydrogen (secondary N) is 3. The van der Waals surface area contributed by atoms with E-state index in [1.165, 1.54) is 26.1 Å². The van der Waals surface area contributed by atoms with Gasteiger partial charge in [0.2, 0.25) is 6.41 Å². The number of hydrogen-bond donors (Lipinski definition) is 4. The van der Waals surface area contributed by atoms with Gasteiger partial charge in [-0.05, 0) is 31.9 Å². The van der Waals surface area contributed by atoms with Gasteiger partial charge in [0.05, 0.1) is 22.6 Å². The first-order valence-corrected chi connectivity index (χ1v) is 11.3. The van der Waals surface area contributed by atoms with Crippen LogP contribution in [0.3, 0.4) is 0 Å². The summed E-state index contributed by atoms with van der Waals surface area (Å²) in [6, 6.07) is 3.27. The minimum absolute atomic E-state index is 0.0446. The summed E-state index contributed by atoms with van der Waals surface area (Å²) in [5, 5.41) is 28.2. The van der Waals surface area contributed by atoms with Crippen molar-refractivity contribution in [3.05, 3.63) is 52.5 Å². The molecule has 3 aromatic rings. The topological polar surface area (TPSA) is 141 Å². The number of aliphatic hydroxyl groups is 1. The van der Waals surface area contributed by atoms with E-state index in [0.29, 0.717) is 17.3 Å². The van der Waals surface area contributed by atoms with E-state index in [2.05, 4.69) is 51.3 Å². The number of hydrogen-bond acceptors (Lipinski definition) is 8. The van der Waals surface area contributed by atoms with Crippen molar-refractivity contribution in [2.45, 2.75) is 45.1 Å². The number of amides is 1. The molecular formula is C23H26Cl2N8O2. The summed E-state index contributed by atoms with van der Waals surface area (Å²) in [5.41, 5.74) is 6.12. The Morgan fingerprint density at radius 2 is 2.03 bits per heavy atom. The van der Waals surface area contributed by atoms with Crippen LogP contribution in [0.4, 0.5) is 11.5 Å². The molecular weight excluding hydrogens is 491 g/mol. The molecule has 0 bridgehead atoms. The third kappa shape index (κ3) is 5.84. The molecule has 184 valence electrons. The van der Waals surface area contributed by atoms with Crippen molar-refractivity contribution in [3.63, 3.8) is 0 Å². The molecule has 35 heavy (non-hydrogen) atoms. The lowest BCUT2D eigenvalue weighted by Crippen LogP contribution is -2.32. The number of allylic oxidation sites excluding steroid dienone is 1. The van der Waals surface area contributed by atoms with Crippen LogP contribution in [0.15, 0.2) is 36.2 Å². The van der Waals surface area contributed by atoms with Crippen LogP contribution >= 0.6 is 23.2 Å². The van der Waals surface area contributed by atoms with Gasteiger partial charge in [0.25, 0.3) is 0 Å². The number of carbonyl (C=O) groups excluding carboxylic acids is 1. The summed E-state index contributed by atoms with van der Waals surface area (Å²) in [6.45, 7) is 11.5. The third-order valence-electron chi connectivity index (χ3n) is 5.24. The minimum Gasteiger partial charge on any atom is -0.384 e. The monoisotopic (exact) mass is 516 g/mol. The maximum absolute atomic E-state index is 10.3. The minimum atomic E-state index is -1.25. The molecule has 0 saturated carbocycles. The zero-order chi connectivity index (χ0) is 26.0. The molecule has 0 spiro atoms. The molecule has 0 aromatic carbocycles. The highest BCUT2D eigenvalue weighted by Gasteiger charge is 2.35. The molecule has 0 aliphatic heterocycles. The van der Waals surface area contributed by atoms with Crippen molar-refractivity contribution in [2.24, 2.45) is 5.10 Å². The number of hydrazone groups is 1. The maximum Gasteiger partial charge on any atom is 0.211 e. The van der Waals surface area contributed by atoms with Gasteiger partial charge in [0, 0.05) is 29.5 Å². The number of aromatic nitrogens is 4. The Labute approximate surface area is 212 Å². The number of pyridine rings is 1. The van der Waals surface area contributed by atoms with E-state index in [0.717, 1.165) is 35.1 Å². The Morgan fingerprint density at radius 3 is 2.63 bits per heavy atom. The van der Waals surface area contributed by atoms with Crippen LogP contribution in [0.1, 0.15) is 45.4 Å². The van der Waals surface area contributed by atoms with Crippen LogP contribution in [0.2, 0.25) is 10.2 Å². The van der Waals surface area contributed by atoms with E-state index in [1.807, 2.05) is 10.7 Å². The first kappa shape index (κ1) is 26.3. The van der Waals surface area contributed by atoms with Crippen molar-refractivity contribution < 1.29 is 9.90 Å². The first-order chi connectivity index (χ1) is 16.4. The fourth-order valence-electron chi connectivity index (χ4n) is 3.65. The molecule has 3 heterocycles. The lowest BCUT2D eigenvalue weighted by atomic mass is 9.90. The number of halogens is 2. The van der Waals surface area contributed by atoms with Gasteiger partial charge in [-0.3, -0.25) is 10.2 Å². The van der Waals surface area contributed by atoms with Crippen molar-refractivity contribution in [1.82, 2.24) is 19.6 Å². The Kier molecular flexibility index (Phi) is 7.59. The summed E-state index contributed by atoms with van der Waals surface area (Å²) in [6.07, 6.45) is 5.66.